The van der Waals surface area contributed by atoms with E-state index in [0.717, 1.165) is 23.6 Å². The fraction of sp³-hybridized carbons (Fsp3) is 0.889. The molecule has 0 aromatic carbocycles. The molecule has 4 atom stereocenters. The number of alkyl halides is 1. The van der Waals surface area contributed by atoms with Gasteiger partial charge in [0.2, 0.25) is 10.0 Å². The van der Waals surface area contributed by atoms with Crippen molar-refractivity contribution in [1.82, 2.24) is 4.31 Å². The first-order chi connectivity index (χ1) is 12.6. The SMILES string of the molecule is CSC(=[15N][13C@@H](CCCCl)[13C](=O)N1[C@@H]2C[C@H]3CC[C@]2(CS1(=O)=O)C3(C)C)SC. The third-order valence-electron chi connectivity index (χ3n) is 7.14. The lowest BCUT2D eigenvalue weighted by Gasteiger charge is -2.37. The minimum Gasteiger partial charge on any atom is -0.271 e. The average molecular weight is 456 g/mol. The summed E-state index contributed by atoms with van der Waals surface area (Å²) in [6.45, 7) is 4.38. The van der Waals surface area contributed by atoms with Gasteiger partial charge in [-0.15, -0.1) is 35.1 Å². The zero-order valence-electron chi connectivity index (χ0n) is 16.4. The molecule has 3 fully saturated rings. The molecule has 9 heteroatoms. The number of rotatable bonds is 5. The van der Waals surface area contributed by atoms with E-state index in [4.69, 9.17) is 11.6 Å². The quantitative estimate of drug-likeness (QED) is 0.207. The number of fused-ring (bicyclic) bond motifs is 1. The Bertz CT molecular complexity index is 734. The summed E-state index contributed by atoms with van der Waals surface area (Å²) in [6, 6.07) is -0.879. The zero-order chi connectivity index (χ0) is 20.0. The van der Waals surface area contributed by atoms with Crippen LogP contribution >= 0.6 is 35.1 Å². The summed E-state index contributed by atoms with van der Waals surface area (Å²) in [5.41, 5.74) is -0.340. The fourth-order valence-electron chi connectivity index (χ4n) is 5.56. The Hall–Kier alpha value is 0.0800. The van der Waals surface area contributed by atoms with Crippen LogP contribution in [0.15, 0.2) is 4.99 Å². The van der Waals surface area contributed by atoms with Crippen LogP contribution in [-0.4, -0.2) is 59.2 Å². The van der Waals surface area contributed by atoms with Crippen molar-refractivity contribution in [3.05, 3.63) is 0 Å². The molecule has 1 spiro atoms. The zero-order valence-corrected chi connectivity index (χ0v) is 19.6. The molecule has 3 aliphatic rings. The van der Waals surface area contributed by atoms with Crippen molar-refractivity contribution in [2.24, 2.45) is 21.7 Å². The van der Waals surface area contributed by atoms with Gasteiger partial charge in [-0.1, -0.05) is 13.8 Å². The fourth-order valence-corrected chi connectivity index (χ4v) is 9.41. The third-order valence-corrected chi connectivity index (χ3v) is 11.2. The second-order valence-corrected chi connectivity index (χ2v) is 12.5. The van der Waals surface area contributed by atoms with E-state index in [1.165, 1.54) is 27.8 Å². The van der Waals surface area contributed by atoms with Gasteiger partial charge in [-0.3, -0.25) is 9.79 Å². The van der Waals surface area contributed by atoms with Crippen LogP contribution in [0.1, 0.15) is 46.0 Å². The van der Waals surface area contributed by atoms with Gasteiger partial charge < -0.3 is 0 Å². The Morgan fingerprint density at radius 1 is 1.33 bits per heavy atom. The van der Waals surface area contributed by atoms with Crippen molar-refractivity contribution in [3.63, 3.8) is 0 Å². The smallest absolute Gasteiger partial charge is 0.261 e. The van der Waals surface area contributed by atoms with Crippen molar-refractivity contribution in [3.8, 4) is 0 Å². The molecule has 0 aromatic rings. The van der Waals surface area contributed by atoms with Crippen molar-refractivity contribution in [1.29, 1.82) is 0 Å². The van der Waals surface area contributed by atoms with Crippen LogP contribution in [0.3, 0.4) is 0 Å². The number of hydrogen-bond donors (Lipinski definition) is 0. The van der Waals surface area contributed by atoms with Gasteiger partial charge in [0.05, 0.1) is 11.8 Å². The molecular formula is C18H29ClN2O3S3. The van der Waals surface area contributed by atoms with Gasteiger partial charge in [-0.2, -0.15) is 0 Å². The number of nitrogens with zero attached hydrogens (tertiary/aromatic N) is 2. The van der Waals surface area contributed by atoms with Crippen LogP contribution in [-0.2, 0) is 14.8 Å². The highest BCUT2D eigenvalue weighted by atomic mass is 35.5. The first-order valence-electron chi connectivity index (χ1n) is 9.42. The van der Waals surface area contributed by atoms with Crippen molar-refractivity contribution in [2.45, 2.75) is 58.0 Å². The van der Waals surface area contributed by atoms with E-state index in [0.29, 0.717) is 24.6 Å². The summed E-state index contributed by atoms with van der Waals surface area (Å²) in [5.74, 6) is 0.670. The molecule has 3 rings (SSSR count). The maximum absolute atomic E-state index is 13.4. The summed E-state index contributed by atoms with van der Waals surface area (Å²) in [7, 11) is -3.61. The summed E-state index contributed by atoms with van der Waals surface area (Å²) >= 11 is 8.81. The Morgan fingerprint density at radius 2 is 2.00 bits per heavy atom. The lowest BCUT2D eigenvalue weighted by molar-refractivity contribution is -0.130. The number of carbonyl (C=O) groups excluding carboxylic acids is 1. The standard InChI is InChI=1S/C18H29ClN2O3S3/c1-17(2)12-7-8-18(17)11-27(23,24)21(14(18)10-12)15(22)13(6-5-9-19)20-16(25-3)26-4/h12-14H,5-11H2,1-4H3/t12-,13+,14-,18-/m1/s1/i13+1,15+1,20+1. The van der Waals surface area contributed by atoms with Crippen LogP contribution in [0.4, 0.5) is 0 Å². The van der Waals surface area contributed by atoms with Gasteiger partial charge >= 0.3 is 0 Å². The number of thioether (sulfide) groups is 2. The maximum Gasteiger partial charge on any atom is 0.261 e. The van der Waals surface area contributed by atoms with E-state index in [1.807, 2.05) is 12.5 Å². The number of sulfonamides is 1. The Labute approximate surface area is 176 Å². The highest BCUT2D eigenvalue weighted by molar-refractivity contribution is 8.38. The van der Waals surface area contributed by atoms with Crippen LogP contribution in [0, 0.1) is 16.7 Å². The second-order valence-electron chi connectivity index (χ2n) is 8.41. The first kappa shape index (κ1) is 21.8. The van der Waals surface area contributed by atoms with Gasteiger partial charge in [-0.05, 0) is 55.9 Å². The van der Waals surface area contributed by atoms with E-state index in [1.54, 1.807) is 0 Å². The summed E-state index contributed by atoms with van der Waals surface area (Å²) < 4.78 is 28.3. The predicted octanol–water partition coefficient (Wildman–Crippen LogP) is 3.82. The lowest BCUT2D eigenvalue weighted by atomic mass is 9.69. The molecule has 0 N–H and O–H groups in total. The van der Waals surface area contributed by atoms with Gasteiger partial charge in [0, 0.05) is 11.3 Å². The third kappa shape index (κ3) is 3.36. The van der Waals surface area contributed by atoms with E-state index in [-0.39, 0.29) is 28.5 Å². The molecule has 5 nitrogen and oxygen atoms in total. The number of carbonyl (C=O) groups is 1. The van der Waals surface area contributed by atoms with E-state index in [9.17, 15) is 13.2 Å². The summed E-state index contributed by atoms with van der Waals surface area (Å²) in [5, 5.41) is 0. The van der Waals surface area contributed by atoms with Gasteiger partial charge in [0.1, 0.15) is 10.4 Å². The summed E-state index contributed by atoms with van der Waals surface area (Å²) in [6.07, 6.45) is 7.70. The van der Waals surface area contributed by atoms with Gasteiger partial charge in [0.15, 0.2) is 0 Å². The average Bonchev–Trinajstić information content (AvgIpc) is 3.09. The normalized spacial score (nSPS) is 33.7. The molecule has 1 amide bonds. The van der Waals surface area contributed by atoms with Crippen molar-refractivity contribution < 1.29 is 13.2 Å². The minimum absolute atomic E-state index is 0.0433. The molecule has 1 heterocycles. The highest BCUT2D eigenvalue weighted by Crippen LogP contribution is 2.70. The van der Waals surface area contributed by atoms with E-state index < -0.39 is 16.1 Å². The molecule has 154 valence electrons. The molecule has 2 aliphatic carbocycles. The molecular weight excluding hydrogens is 427 g/mol. The predicted molar refractivity (Wildman–Crippen MR) is 116 cm³/mol. The second kappa shape index (κ2) is 7.73. The molecule has 2 saturated carbocycles. The number of amides is 1. The van der Waals surface area contributed by atoms with Crippen LogP contribution in [0.2, 0.25) is 0 Å². The van der Waals surface area contributed by atoms with Crippen LogP contribution < -0.4 is 0 Å². The maximum atomic E-state index is 13.4. The molecule has 2 bridgehead atoms. The van der Waals surface area contributed by atoms with E-state index >= 15 is 0 Å². The lowest BCUT2D eigenvalue weighted by Crippen LogP contribution is -2.47. The molecule has 0 unspecified atom stereocenters. The van der Waals surface area contributed by atoms with Crippen LogP contribution in [0.5, 0.6) is 0 Å². The number of hydrogen-bond acceptors (Lipinski definition) is 6. The van der Waals surface area contributed by atoms with Crippen molar-refractivity contribution >= 4 is 55.4 Å². The minimum atomic E-state index is -3.61. The Balaban J connectivity index is 1.96. The Kier molecular flexibility index (Phi) is 6.23. The van der Waals surface area contributed by atoms with Gasteiger partial charge in [-0.25, -0.2) is 12.7 Å². The van der Waals surface area contributed by atoms with E-state index in [2.05, 4.69) is 18.8 Å². The summed E-state index contributed by atoms with van der Waals surface area (Å²) in [4.78, 5) is 18.0. The highest BCUT2D eigenvalue weighted by Gasteiger charge is 2.72. The number of aliphatic imine (C=N–C) groups is 1. The molecule has 0 radical (unpaired) electrons. The molecule has 27 heavy (non-hydrogen) atoms. The molecule has 1 saturated heterocycles. The molecule has 0 aromatic heterocycles. The number of halogens is 1. The Morgan fingerprint density at radius 3 is 2.56 bits per heavy atom. The van der Waals surface area contributed by atoms with Gasteiger partial charge in [0.25, 0.3) is 5.91 Å². The monoisotopic (exact) mass is 455 g/mol. The largest absolute Gasteiger partial charge is 0.271 e. The van der Waals surface area contributed by atoms with Crippen molar-refractivity contribution in [2.75, 3.05) is 24.1 Å². The first-order valence-corrected chi connectivity index (χ1v) is 14.0. The topological polar surface area (TPSA) is 66.8 Å². The molecule has 1 aliphatic heterocycles. The van der Waals surface area contributed by atoms with Crippen LogP contribution in [0.25, 0.3) is 0 Å².